The van der Waals surface area contributed by atoms with Crippen LogP contribution in [-0.4, -0.2) is 35.5 Å². The first-order valence-corrected chi connectivity index (χ1v) is 8.78. The molecule has 0 atom stereocenters. The third kappa shape index (κ3) is 6.38. The molecule has 6 heteroatoms. The molecule has 0 bridgehead atoms. The van der Waals surface area contributed by atoms with Crippen LogP contribution in [0, 0.1) is 5.92 Å². The Hall–Kier alpha value is -2.08. The minimum absolute atomic E-state index is 0.0979. The molecule has 3 amide bonds. The molecule has 138 valence electrons. The van der Waals surface area contributed by atoms with E-state index in [0.717, 1.165) is 11.1 Å². The number of carbonyl (C=O) groups is 2. The molecule has 1 saturated heterocycles. The van der Waals surface area contributed by atoms with Gasteiger partial charge in [0.15, 0.2) is 0 Å². The van der Waals surface area contributed by atoms with Crippen LogP contribution in [0.4, 0.5) is 4.79 Å². The predicted molar refractivity (Wildman–Crippen MR) is 96.7 cm³/mol. The van der Waals surface area contributed by atoms with Crippen molar-refractivity contribution in [2.45, 2.75) is 52.4 Å². The number of carbonyl (C=O) groups excluding carboxylic acids is 2. The average molecular weight is 347 g/mol. The maximum atomic E-state index is 12.3. The number of rotatable bonds is 5. The normalized spacial score (nSPS) is 15.9. The number of piperidine rings is 1. The van der Waals surface area contributed by atoms with Crippen molar-refractivity contribution in [3.63, 3.8) is 0 Å². The molecule has 25 heavy (non-hydrogen) atoms. The SMILES string of the molecule is CC(C)(C)OCc1cccc(CNC(=O)N2CCC(C(N)=O)CC2)c1. The van der Waals surface area contributed by atoms with E-state index in [1.54, 1.807) is 4.90 Å². The van der Waals surface area contributed by atoms with Crippen molar-refractivity contribution in [2.75, 3.05) is 13.1 Å². The molecule has 0 aromatic heterocycles. The van der Waals surface area contributed by atoms with Gasteiger partial charge in [0.2, 0.25) is 5.91 Å². The molecular weight excluding hydrogens is 318 g/mol. The summed E-state index contributed by atoms with van der Waals surface area (Å²) in [6, 6.07) is 7.93. The molecule has 0 radical (unpaired) electrons. The van der Waals surface area contributed by atoms with Crippen molar-refractivity contribution in [2.24, 2.45) is 11.7 Å². The molecule has 0 spiro atoms. The zero-order valence-corrected chi connectivity index (χ0v) is 15.4. The number of amides is 3. The summed E-state index contributed by atoms with van der Waals surface area (Å²) < 4.78 is 5.79. The van der Waals surface area contributed by atoms with E-state index in [1.807, 2.05) is 45.0 Å². The standard InChI is InChI=1S/C19H29N3O3/c1-19(2,3)25-13-15-6-4-5-14(11-15)12-21-18(24)22-9-7-16(8-10-22)17(20)23/h4-6,11,16H,7-10,12-13H2,1-3H3,(H2,20,23)(H,21,24). The Morgan fingerprint density at radius 3 is 2.48 bits per heavy atom. The fraction of sp³-hybridized carbons (Fsp3) is 0.579. The molecule has 1 aromatic rings. The molecular formula is C19H29N3O3. The van der Waals surface area contributed by atoms with E-state index in [9.17, 15) is 9.59 Å². The first kappa shape index (κ1) is 19.2. The number of benzene rings is 1. The molecule has 1 heterocycles. The van der Waals surface area contributed by atoms with Crippen LogP contribution in [0.1, 0.15) is 44.7 Å². The van der Waals surface area contributed by atoms with Crippen LogP contribution in [-0.2, 0) is 22.7 Å². The molecule has 0 saturated carbocycles. The summed E-state index contributed by atoms with van der Waals surface area (Å²) in [5, 5.41) is 2.94. The molecule has 0 aliphatic carbocycles. The Bertz CT molecular complexity index is 602. The predicted octanol–water partition coefficient (Wildman–Crippen LogP) is 2.41. The summed E-state index contributed by atoms with van der Waals surface area (Å²) in [6.45, 7) is 8.23. The van der Waals surface area contributed by atoms with Gasteiger partial charge in [-0.15, -0.1) is 0 Å². The highest BCUT2D eigenvalue weighted by Gasteiger charge is 2.25. The van der Waals surface area contributed by atoms with Crippen LogP contribution >= 0.6 is 0 Å². The number of nitrogens with zero attached hydrogens (tertiary/aromatic N) is 1. The summed E-state index contributed by atoms with van der Waals surface area (Å²) in [7, 11) is 0. The highest BCUT2D eigenvalue weighted by molar-refractivity contribution is 5.78. The summed E-state index contributed by atoms with van der Waals surface area (Å²) in [5.41, 5.74) is 7.27. The van der Waals surface area contributed by atoms with Gasteiger partial charge in [0.05, 0.1) is 12.2 Å². The van der Waals surface area contributed by atoms with Crippen LogP contribution in [0.25, 0.3) is 0 Å². The number of urea groups is 1. The zero-order chi connectivity index (χ0) is 18.4. The van der Waals surface area contributed by atoms with Gasteiger partial charge in [-0.05, 0) is 44.7 Å². The van der Waals surface area contributed by atoms with E-state index in [2.05, 4.69) is 5.32 Å². The van der Waals surface area contributed by atoms with Gasteiger partial charge in [-0.1, -0.05) is 24.3 Å². The molecule has 1 fully saturated rings. The van der Waals surface area contributed by atoms with E-state index < -0.39 is 0 Å². The molecule has 1 aliphatic heterocycles. The van der Waals surface area contributed by atoms with Crippen molar-refractivity contribution < 1.29 is 14.3 Å². The van der Waals surface area contributed by atoms with Gasteiger partial charge in [-0.2, -0.15) is 0 Å². The summed E-state index contributed by atoms with van der Waals surface area (Å²) in [5.74, 6) is -0.377. The molecule has 6 nitrogen and oxygen atoms in total. The Morgan fingerprint density at radius 2 is 1.88 bits per heavy atom. The number of primary amides is 1. The molecule has 3 N–H and O–H groups in total. The van der Waals surface area contributed by atoms with Gasteiger partial charge in [0.25, 0.3) is 0 Å². The lowest BCUT2D eigenvalue weighted by Gasteiger charge is -2.30. The molecule has 1 aromatic carbocycles. The Balaban J connectivity index is 1.81. The fourth-order valence-electron chi connectivity index (χ4n) is 2.79. The highest BCUT2D eigenvalue weighted by atomic mass is 16.5. The van der Waals surface area contributed by atoms with Gasteiger partial charge in [0.1, 0.15) is 0 Å². The monoisotopic (exact) mass is 347 g/mol. The number of likely N-dealkylation sites (tertiary alicyclic amines) is 1. The summed E-state index contributed by atoms with van der Waals surface area (Å²) in [4.78, 5) is 25.2. The van der Waals surface area contributed by atoms with Crippen LogP contribution < -0.4 is 11.1 Å². The Morgan fingerprint density at radius 1 is 1.24 bits per heavy atom. The lowest BCUT2D eigenvalue weighted by molar-refractivity contribution is -0.123. The smallest absolute Gasteiger partial charge is 0.317 e. The lowest BCUT2D eigenvalue weighted by Crippen LogP contribution is -2.46. The van der Waals surface area contributed by atoms with Crippen LogP contribution in [0.5, 0.6) is 0 Å². The molecule has 0 unspecified atom stereocenters. The fourth-order valence-corrected chi connectivity index (χ4v) is 2.79. The van der Waals surface area contributed by atoms with Gasteiger partial charge in [0, 0.05) is 25.6 Å². The highest BCUT2D eigenvalue weighted by Crippen LogP contribution is 2.17. The number of ether oxygens (including phenoxy) is 1. The van der Waals surface area contributed by atoms with Crippen LogP contribution in [0.2, 0.25) is 0 Å². The van der Waals surface area contributed by atoms with Crippen molar-refractivity contribution in [3.8, 4) is 0 Å². The maximum Gasteiger partial charge on any atom is 0.317 e. The third-order valence-electron chi connectivity index (χ3n) is 4.29. The van der Waals surface area contributed by atoms with Crippen molar-refractivity contribution in [1.29, 1.82) is 0 Å². The quantitative estimate of drug-likeness (QED) is 0.858. The topological polar surface area (TPSA) is 84.7 Å². The van der Waals surface area contributed by atoms with Gasteiger partial charge >= 0.3 is 6.03 Å². The second-order valence-electron chi connectivity index (χ2n) is 7.54. The zero-order valence-electron chi connectivity index (χ0n) is 15.4. The molecule has 1 aliphatic rings. The second kappa shape index (κ2) is 8.34. The van der Waals surface area contributed by atoms with Gasteiger partial charge < -0.3 is 20.7 Å². The Kier molecular flexibility index (Phi) is 6.42. The minimum atomic E-state index is -0.269. The first-order valence-electron chi connectivity index (χ1n) is 8.78. The van der Waals surface area contributed by atoms with Crippen molar-refractivity contribution >= 4 is 11.9 Å². The van der Waals surface area contributed by atoms with E-state index in [1.165, 1.54) is 0 Å². The largest absolute Gasteiger partial charge is 0.371 e. The summed E-state index contributed by atoms with van der Waals surface area (Å²) >= 11 is 0. The van der Waals surface area contributed by atoms with Gasteiger partial charge in [-0.25, -0.2) is 4.79 Å². The van der Waals surface area contributed by atoms with E-state index in [4.69, 9.17) is 10.5 Å². The van der Waals surface area contributed by atoms with Gasteiger partial charge in [-0.3, -0.25) is 4.79 Å². The minimum Gasteiger partial charge on any atom is -0.371 e. The third-order valence-corrected chi connectivity index (χ3v) is 4.29. The average Bonchev–Trinajstić information content (AvgIpc) is 2.58. The van der Waals surface area contributed by atoms with E-state index >= 15 is 0 Å². The first-order chi connectivity index (χ1) is 11.7. The van der Waals surface area contributed by atoms with Crippen molar-refractivity contribution in [1.82, 2.24) is 10.2 Å². The van der Waals surface area contributed by atoms with Crippen molar-refractivity contribution in [3.05, 3.63) is 35.4 Å². The lowest BCUT2D eigenvalue weighted by atomic mass is 9.96. The number of hydrogen-bond donors (Lipinski definition) is 2. The maximum absolute atomic E-state index is 12.3. The van der Waals surface area contributed by atoms with E-state index in [0.29, 0.717) is 39.1 Å². The second-order valence-corrected chi connectivity index (χ2v) is 7.54. The number of hydrogen-bond acceptors (Lipinski definition) is 3. The van der Waals surface area contributed by atoms with E-state index in [-0.39, 0.29) is 23.5 Å². The summed E-state index contributed by atoms with van der Waals surface area (Å²) in [6.07, 6.45) is 1.28. The van der Waals surface area contributed by atoms with Crippen LogP contribution in [0.3, 0.4) is 0 Å². The number of nitrogens with one attached hydrogen (secondary N) is 1. The number of nitrogens with two attached hydrogens (primary N) is 1. The van der Waals surface area contributed by atoms with Crippen LogP contribution in [0.15, 0.2) is 24.3 Å². The molecule has 2 rings (SSSR count). The Labute approximate surface area is 149 Å².